The molecular formula is C20H27FN4O. The number of halogens is 1. The minimum atomic E-state index is -0.255. The Labute approximate surface area is 154 Å². The summed E-state index contributed by atoms with van der Waals surface area (Å²) in [5.41, 5.74) is 2.18. The summed E-state index contributed by atoms with van der Waals surface area (Å²) in [7, 11) is 1.94. The third-order valence-corrected chi connectivity index (χ3v) is 5.05. The zero-order valence-electron chi connectivity index (χ0n) is 15.3. The van der Waals surface area contributed by atoms with Crippen LogP contribution >= 0.6 is 0 Å². The maximum atomic E-state index is 12.9. The number of hydrogen-bond donors (Lipinski definition) is 1. The Morgan fingerprint density at radius 2 is 1.96 bits per heavy atom. The maximum absolute atomic E-state index is 12.9. The van der Waals surface area contributed by atoms with E-state index in [-0.39, 0.29) is 11.7 Å². The van der Waals surface area contributed by atoms with Crippen molar-refractivity contribution in [2.24, 2.45) is 13.0 Å². The van der Waals surface area contributed by atoms with Crippen LogP contribution < -0.4 is 5.32 Å². The van der Waals surface area contributed by atoms with Crippen LogP contribution in [0.25, 0.3) is 0 Å². The molecule has 1 aromatic heterocycles. The first-order valence-electron chi connectivity index (χ1n) is 9.29. The second kappa shape index (κ2) is 8.94. The minimum absolute atomic E-state index is 0.0760. The number of carbonyl (C=O) groups is 1. The third kappa shape index (κ3) is 5.66. The standard InChI is InChI=1S/C20H27FN4O/c1-24-14-18(13-23-24)15-25-10-8-16(9-11-25)4-7-20(26)22-12-17-2-5-19(21)6-3-17/h2-3,5-6,13-14,16H,4,7-12,15H2,1H3,(H,22,26). The number of hydrogen-bond acceptors (Lipinski definition) is 3. The molecule has 1 N–H and O–H groups in total. The predicted molar refractivity (Wildman–Crippen MR) is 98.7 cm³/mol. The van der Waals surface area contributed by atoms with Crippen LogP contribution in [0.3, 0.4) is 0 Å². The number of nitrogens with zero attached hydrogens (tertiary/aromatic N) is 3. The summed E-state index contributed by atoms with van der Waals surface area (Å²) in [5.74, 6) is 0.443. The number of benzene rings is 1. The molecule has 0 radical (unpaired) electrons. The van der Waals surface area contributed by atoms with Crippen LogP contribution in [0.2, 0.25) is 0 Å². The molecule has 26 heavy (non-hydrogen) atoms. The van der Waals surface area contributed by atoms with E-state index in [1.54, 1.807) is 12.1 Å². The van der Waals surface area contributed by atoms with Crippen molar-refractivity contribution in [1.82, 2.24) is 20.0 Å². The Kier molecular flexibility index (Phi) is 6.39. The van der Waals surface area contributed by atoms with Crippen LogP contribution in [0.5, 0.6) is 0 Å². The highest BCUT2D eigenvalue weighted by Gasteiger charge is 2.20. The summed E-state index contributed by atoms with van der Waals surface area (Å²) in [4.78, 5) is 14.5. The highest BCUT2D eigenvalue weighted by Crippen LogP contribution is 2.23. The van der Waals surface area contributed by atoms with Crippen LogP contribution in [-0.4, -0.2) is 33.7 Å². The molecular weight excluding hydrogens is 331 g/mol. The van der Waals surface area contributed by atoms with Gasteiger partial charge in [-0.05, 0) is 56.0 Å². The number of rotatable bonds is 7. The lowest BCUT2D eigenvalue weighted by atomic mass is 9.92. The molecule has 0 spiro atoms. The Bertz CT molecular complexity index is 705. The van der Waals surface area contributed by atoms with Gasteiger partial charge in [-0.25, -0.2) is 4.39 Å². The summed E-state index contributed by atoms with van der Waals surface area (Å²) in [5, 5.41) is 7.14. The molecule has 2 aromatic rings. The zero-order chi connectivity index (χ0) is 18.4. The lowest BCUT2D eigenvalue weighted by Crippen LogP contribution is -2.33. The van der Waals surface area contributed by atoms with Crippen LogP contribution in [0.1, 0.15) is 36.8 Å². The van der Waals surface area contributed by atoms with Crippen molar-refractivity contribution in [2.45, 2.75) is 38.8 Å². The average molecular weight is 358 g/mol. The van der Waals surface area contributed by atoms with Crippen molar-refractivity contribution in [3.8, 4) is 0 Å². The van der Waals surface area contributed by atoms with Crippen molar-refractivity contribution in [1.29, 1.82) is 0 Å². The first-order valence-corrected chi connectivity index (χ1v) is 9.29. The molecule has 0 aliphatic carbocycles. The molecule has 1 amide bonds. The van der Waals surface area contributed by atoms with Crippen molar-refractivity contribution >= 4 is 5.91 Å². The van der Waals surface area contributed by atoms with E-state index >= 15 is 0 Å². The van der Waals surface area contributed by atoms with Crippen molar-refractivity contribution < 1.29 is 9.18 Å². The van der Waals surface area contributed by atoms with Gasteiger partial charge in [0.1, 0.15) is 5.82 Å². The fraction of sp³-hybridized carbons (Fsp3) is 0.500. The molecule has 140 valence electrons. The lowest BCUT2D eigenvalue weighted by Gasteiger charge is -2.31. The van der Waals surface area contributed by atoms with E-state index in [4.69, 9.17) is 0 Å². The summed E-state index contributed by atoms with van der Waals surface area (Å²) in [6, 6.07) is 6.24. The monoisotopic (exact) mass is 358 g/mol. The largest absolute Gasteiger partial charge is 0.352 e. The Hall–Kier alpha value is -2.21. The number of aryl methyl sites for hydroxylation is 1. The smallest absolute Gasteiger partial charge is 0.220 e. The van der Waals surface area contributed by atoms with E-state index in [0.717, 1.165) is 44.5 Å². The Morgan fingerprint density at radius 1 is 1.23 bits per heavy atom. The average Bonchev–Trinajstić information content (AvgIpc) is 3.05. The molecule has 0 unspecified atom stereocenters. The quantitative estimate of drug-likeness (QED) is 0.828. The number of nitrogens with one attached hydrogen (secondary N) is 1. The van der Waals surface area contributed by atoms with Crippen LogP contribution in [0, 0.1) is 11.7 Å². The summed E-state index contributed by atoms with van der Waals surface area (Å²) < 4.78 is 14.7. The van der Waals surface area contributed by atoms with Gasteiger partial charge in [0.25, 0.3) is 0 Å². The summed E-state index contributed by atoms with van der Waals surface area (Å²) in [6.45, 7) is 3.58. The topological polar surface area (TPSA) is 50.2 Å². The van der Waals surface area contributed by atoms with E-state index in [2.05, 4.69) is 21.5 Å². The fourth-order valence-electron chi connectivity index (χ4n) is 3.47. The van der Waals surface area contributed by atoms with Gasteiger partial charge in [0.15, 0.2) is 0 Å². The lowest BCUT2D eigenvalue weighted by molar-refractivity contribution is -0.121. The molecule has 1 saturated heterocycles. The van der Waals surface area contributed by atoms with Gasteiger partial charge in [-0.3, -0.25) is 14.4 Å². The fourth-order valence-corrected chi connectivity index (χ4v) is 3.47. The Morgan fingerprint density at radius 3 is 2.62 bits per heavy atom. The molecule has 0 bridgehead atoms. The number of aromatic nitrogens is 2. The third-order valence-electron chi connectivity index (χ3n) is 5.05. The van der Waals surface area contributed by atoms with E-state index < -0.39 is 0 Å². The molecule has 1 aliphatic rings. The first kappa shape index (κ1) is 18.6. The predicted octanol–water partition coefficient (Wildman–Crippen LogP) is 2.87. The van der Waals surface area contributed by atoms with Crippen molar-refractivity contribution in [3.05, 3.63) is 53.6 Å². The molecule has 1 fully saturated rings. The van der Waals surface area contributed by atoms with Crippen molar-refractivity contribution in [2.75, 3.05) is 13.1 Å². The SMILES string of the molecule is Cn1cc(CN2CCC(CCC(=O)NCc3ccc(F)cc3)CC2)cn1. The summed E-state index contributed by atoms with van der Waals surface area (Å²) in [6.07, 6.45) is 7.79. The van der Waals surface area contributed by atoms with Crippen LogP contribution in [-0.2, 0) is 24.9 Å². The van der Waals surface area contributed by atoms with Crippen LogP contribution in [0.4, 0.5) is 4.39 Å². The number of amides is 1. The van der Waals surface area contributed by atoms with Gasteiger partial charge < -0.3 is 5.32 Å². The molecule has 5 nitrogen and oxygen atoms in total. The van der Waals surface area contributed by atoms with Gasteiger partial charge >= 0.3 is 0 Å². The second-order valence-electron chi connectivity index (χ2n) is 7.18. The molecule has 3 rings (SSSR count). The minimum Gasteiger partial charge on any atom is -0.352 e. The number of likely N-dealkylation sites (tertiary alicyclic amines) is 1. The zero-order valence-corrected chi connectivity index (χ0v) is 15.3. The van der Waals surface area contributed by atoms with Gasteiger partial charge in [-0.15, -0.1) is 0 Å². The van der Waals surface area contributed by atoms with Gasteiger partial charge in [0.05, 0.1) is 6.20 Å². The van der Waals surface area contributed by atoms with Crippen LogP contribution in [0.15, 0.2) is 36.7 Å². The molecule has 6 heteroatoms. The van der Waals surface area contributed by atoms with E-state index in [1.165, 1.54) is 17.7 Å². The van der Waals surface area contributed by atoms with Gasteiger partial charge in [-0.2, -0.15) is 5.10 Å². The molecule has 2 heterocycles. The molecule has 1 aromatic carbocycles. The molecule has 0 atom stereocenters. The van der Waals surface area contributed by atoms with Crippen molar-refractivity contribution in [3.63, 3.8) is 0 Å². The highest BCUT2D eigenvalue weighted by molar-refractivity contribution is 5.75. The summed E-state index contributed by atoms with van der Waals surface area (Å²) >= 11 is 0. The Balaban J connectivity index is 1.31. The van der Waals surface area contributed by atoms with E-state index in [9.17, 15) is 9.18 Å². The number of carbonyl (C=O) groups excluding carboxylic acids is 1. The number of piperidine rings is 1. The van der Waals surface area contributed by atoms with Gasteiger partial charge in [-0.1, -0.05) is 12.1 Å². The maximum Gasteiger partial charge on any atom is 0.220 e. The highest BCUT2D eigenvalue weighted by atomic mass is 19.1. The van der Waals surface area contributed by atoms with E-state index in [0.29, 0.717) is 18.9 Å². The van der Waals surface area contributed by atoms with Gasteiger partial charge in [0, 0.05) is 38.3 Å². The van der Waals surface area contributed by atoms with E-state index in [1.807, 2.05) is 17.9 Å². The molecule has 1 aliphatic heterocycles. The first-order chi connectivity index (χ1) is 12.6. The normalized spacial score (nSPS) is 15.9. The second-order valence-corrected chi connectivity index (χ2v) is 7.18. The molecule has 0 saturated carbocycles. The van der Waals surface area contributed by atoms with Gasteiger partial charge in [0.2, 0.25) is 5.91 Å².